The van der Waals surface area contributed by atoms with Gasteiger partial charge in [0.1, 0.15) is 5.76 Å². The van der Waals surface area contributed by atoms with Crippen molar-refractivity contribution in [1.82, 2.24) is 10.9 Å². The van der Waals surface area contributed by atoms with Crippen LogP contribution in [0.2, 0.25) is 0 Å². The lowest BCUT2D eigenvalue weighted by molar-refractivity contribution is 0.0810. The summed E-state index contributed by atoms with van der Waals surface area (Å²) >= 11 is 0. The fourth-order valence-electron chi connectivity index (χ4n) is 3.14. The number of rotatable bonds is 2. The smallest absolute Gasteiger partial charge is 0.305 e. The molecule has 0 radical (unpaired) electrons. The molecule has 3 rings (SSSR count). The number of amides is 2. The van der Waals surface area contributed by atoms with E-state index in [4.69, 9.17) is 8.83 Å². The fourth-order valence-corrected chi connectivity index (χ4v) is 3.14. The van der Waals surface area contributed by atoms with Gasteiger partial charge in [0.15, 0.2) is 11.5 Å². The molecule has 128 valence electrons. The second kappa shape index (κ2) is 5.83. The van der Waals surface area contributed by atoms with Crippen LogP contribution in [-0.4, -0.2) is 16.9 Å². The zero-order valence-corrected chi connectivity index (χ0v) is 13.8. The molecule has 0 fully saturated rings. The second-order valence-corrected chi connectivity index (χ2v) is 6.84. The van der Waals surface area contributed by atoms with Gasteiger partial charge in [-0.1, -0.05) is 13.8 Å². The normalized spacial score (nSPS) is 18.8. The van der Waals surface area contributed by atoms with Gasteiger partial charge in [-0.3, -0.25) is 20.4 Å². The van der Waals surface area contributed by atoms with Crippen molar-refractivity contribution < 1.29 is 23.5 Å². The number of carbonyl (C=O) groups is 2. The van der Waals surface area contributed by atoms with Crippen LogP contribution < -0.4 is 10.9 Å². The number of hydrogen-bond acceptors (Lipinski definition) is 5. The number of hydrazine groups is 1. The standard InChI is InChI=1S/C17H20N2O5/c1-9-13-10(20)7-17(2,3)8-12(13)24-14(9)16(22)19-18-15(21)11-5-4-6-23-11/h4-6,10,20H,7-8H2,1-3H3,(H,18,21)(H,19,22). The van der Waals surface area contributed by atoms with Crippen molar-refractivity contribution in [2.75, 3.05) is 0 Å². The molecule has 0 aromatic carbocycles. The summed E-state index contributed by atoms with van der Waals surface area (Å²) in [6.45, 7) is 5.81. The molecule has 2 aromatic heterocycles. The Balaban J connectivity index is 1.76. The molecule has 3 N–H and O–H groups in total. The first-order valence-corrected chi connectivity index (χ1v) is 7.73. The zero-order chi connectivity index (χ0) is 17.5. The van der Waals surface area contributed by atoms with E-state index in [1.54, 1.807) is 13.0 Å². The van der Waals surface area contributed by atoms with Crippen LogP contribution in [0, 0.1) is 12.3 Å². The summed E-state index contributed by atoms with van der Waals surface area (Å²) in [5.41, 5.74) is 5.74. The van der Waals surface area contributed by atoms with Crippen LogP contribution in [0.5, 0.6) is 0 Å². The van der Waals surface area contributed by atoms with Crippen molar-refractivity contribution in [2.24, 2.45) is 5.41 Å². The predicted octanol–water partition coefficient (Wildman–Crippen LogP) is 2.26. The summed E-state index contributed by atoms with van der Waals surface area (Å²) in [4.78, 5) is 24.1. The largest absolute Gasteiger partial charge is 0.459 e. The summed E-state index contributed by atoms with van der Waals surface area (Å²) < 4.78 is 10.6. The van der Waals surface area contributed by atoms with E-state index in [0.29, 0.717) is 29.7 Å². The lowest BCUT2D eigenvalue weighted by atomic mass is 9.75. The van der Waals surface area contributed by atoms with E-state index in [2.05, 4.69) is 10.9 Å². The maximum absolute atomic E-state index is 12.3. The van der Waals surface area contributed by atoms with E-state index < -0.39 is 17.9 Å². The first-order chi connectivity index (χ1) is 11.3. The molecule has 0 saturated heterocycles. The molecular formula is C17H20N2O5. The summed E-state index contributed by atoms with van der Waals surface area (Å²) in [7, 11) is 0. The molecule has 0 bridgehead atoms. The van der Waals surface area contributed by atoms with Gasteiger partial charge in [0.25, 0.3) is 0 Å². The highest BCUT2D eigenvalue weighted by Gasteiger charge is 2.37. The Morgan fingerprint density at radius 2 is 2.00 bits per heavy atom. The molecule has 24 heavy (non-hydrogen) atoms. The minimum atomic E-state index is -0.660. The molecule has 7 heteroatoms. The molecule has 0 saturated carbocycles. The van der Waals surface area contributed by atoms with Crippen molar-refractivity contribution in [3.05, 3.63) is 46.8 Å². The molecule has 1 unspecified atom stereocenters. The molecule has 1 atom stereocenters. The second-order valence-electron chi connectivity index (χ2n) is 6.84. The zero-order valence-electron chi connectivity index (χ0n) is 13.8. The number of hydrogen-bond donors (Lipinski definition) is 3. The lowest BCUT2D eigenvalue weighted by Crippen LogP contribution is -2.41. The lowest BCUT2D eigenvalue weighted by Gasteiger charge is -2.31. The Bertz CT molecular complexity index is 773. The van der Waals surface area contributed by atoms with Gasteiger partial charge in [-0.05, 0) is 30.9 Å². The van der Waals surface area contributed by atoms with Gasteiger partial charge >= 0.3 is 11.8 Å². The Morgan fingerprint density at radius 1 is 1.29 bits per heavy atom. The number of aliphatic hydroxyl groups excluding tert-OH is 1. The summed E-state index contributed by atoms with van der Waals surface area (Å²) in [5.74, 6) is -0.339. The summed E-state index contributed by atoms with van der Waals surface area (Å²) in [5, 5.41) is 10.3. The van der Waals surface area contributed by atoms with Crippen LogP contribution in [0.3, 0.4) is 0 Å². The van der Waals surface area contributed by atoms with Crippen LogP contribution >= 0.6 is 0 Å². The van der Waals surface area contributed by atoms with Crippen LogP contribution in [0.4, 0.5) is 0 Å². The topological polar surface area (TPSA) is 105 Å². The predicted molar refractivity (Wildman–Crippen MR) is 84.1 cm³/mol. The van der Waals surface area contributed by atoms with Crippen molar-refractivity contribution in [3.8, 4) is 0 Å². The molecule has 1 aliphatic rings. The molecule has 7 nitrogen and oxygen atoms in total. The van der Waals surface area contributed by atoms with E-state index in [1.807, 2.05) is 13.8 Å². The van der Waals surface area contributed by atoms with Gasteiger partial charge in [-0.15, -0.1) is 0 Å². The van der Waals surface area contributed by atoms with E-state index in [-0.39, 0.29) is 16.9 Å². The Kier molecular flexibility index (Phi) is 3.96. The minimum Gasteiger partial charge on any atom is -0.459 e. The maximum Gasteiger partial charge on any atom is 0.305 e. The van der Waals surface area contributed by atoms with Gasteiger partial charge in [-0.2, -0.15) is 0 Å². The van der Waals surface area contributed by atoms with Crippen LogP contribution in [0.1, 0.15) is 64.4 Å². The number of nitrogens with one attached hydrogen (secondary N) is 2. The van der Waals surface area contributed by atoms with Crippen molar-refractivity contribution >= 4 is 11.8 Å². The van der Waals surface area contributed by atoms with Crippen molar-refractivity contribution in [2.45, 2.75) is 39.7 Å². The fraction of sp³-hybridized carbons (Fsp3) is 0.412. The van der Waals surface area contributed by atoms with Crippen LogP contribution in [0.15, 0.2) is 27.2 Å². The van der Waals surface area contributed by atoms with Gasteiger partial charge in [0.05, 0.1) is 12.4 Å². The third-order valence-corrected chi connectivity index (χ3v) is 4.23. The molecule has 0 aliphatic heterocycles. The highest BCUT2D eigenvalue weighted by Crippen LogP contribution is 2.43. The van der Waals surface area contributed by atoms with Crippen molar-refractivity contribution in [1.29, 1.82) is 0 Å². The van der Waals surface area contributed by atoms with E-state index in [0.717, 1.165) is 0 Å². The Hall–Kier alpha value is -2.54. The molecule has 1 aliphatic carbocycles. The summed E-state index contributed by atoms with van der Waals surface area (Å²) in [6, 6.07) is 3.06. The first kappa shape index (κ1) is 16.3. The van der Waals surface area contributed by atoms with E-state index >= 15 is 0 Å². The highest BCUT2D eigenvalue weighted by molar-refractivity contribution is 5.97. The van der Waals surface area contributed by atoms with Gasteiger partial charge < -0.3 is 13.9 Å². The average Bonchev–Trinajstić information content (AvgIpc) is 3.11. The quantitative estimate of drug-likeness (QED) is 0.732. The van der Waals surface area contributed by atoms with Gasteiger partial charge in [0.2, 0.25) is 0 Å². The Morgan fingerprint density at radius 3 is 2.67 bits per heavy atom. The Labute approximate surface area is 139 Å². The van der Waals surface area contributed by atoms with Crippen molar-refractivity contribution in [3.63, 3.8) is 0 Å². The van der Waals surface area contributed by atoms with E-state index in [1.165, 1.54) is 12.3 Å². The third kappa shape index (κ3) is 2.94. The molecule has 2 amide bonds. The number of carbonyl (C=O) groups excluding carboxylic acids is 2. The first-order valence-electron chi connectivity index (χ1n) is 7.73. The maximum atomic E-state index is 12.3. The summed E-state index contributed by atoms with van der Waals surface area (Å²) in [6.07, 6.45) is 1.96. The number of fused-ring (bicyclic) bond motifs is 1. The minimum absolute atomic E-state index is 0.0860. The highest BCUT2D eigenvalue weighted by atomic mass is 16.4. The molecular weight excluding hydrogens is 312 g/mol. The van der Waals surface area contributed by atoms with Gasteiger partial charge in [0, 0.05) is 17.5 Å². The van der Waals surface area contributed by atoms with Gasteiger partial charge in [-0.25, -0.2) is 0 Å². The third-order valence-electron chi connectivity index (χ3n) is 4.23. The monoisotopic (exact) mass is 332 g/mol. The SMILES string of the molecule is Cc1c(C(=O)NNC(=O)c2ccco2)oc2c1C(O)CC(C)(C)C2. The van der Waals surface area contributed by atoms with Crippen LogP contribution in [-0.2, 0) is 6.42 Å². The molecule has 0 spiro atoms. The molecule has 2 aromatic rings. The number of furan rings is 2. The number of aliphatic hydroxyl groups is 1. The van der Waals surface area contributed by atoms with Crippen LogP contribution in [0.25, 0.3) is 0 Å². The molecule has 2 heterocycles. The average molecular weight is 332 g/mol. The van der Waals surface area contributed by atoms with E-state index in [9.17, 15) is 14.7 Å².